The summed E-state index contributed by atoms with van der Waals surface area (Å²) in [5.41, 5.74) is 2.99. The lowest BCUT2D eigenvalue weighted by Gasteiger charge is -2.12. The van der Waals surface area contributed by atoms with Gasteiger partial charge in [0.05, 0.1) is 6.20 Å². The van der Waals surface area contributed by atoms with Crippen LogP contribution in [0.3, 0.4) is 0 Å². The maximum Gasteiger partial charge on any atom is 0.267 e. The number of aromatic amines is 1. The molecule has 1 amide bonds. The van der Waals surface area contributed by atoms with Gasteiger partial charge in [-0.25, -0.2) is 0 Å². The average molecular weight is 353 g/mol. The number of aryl methyl sites for hydroxylation is 2. The van der Waals surface area contributed by atoms with Gasteiger partial charge in [-0.2, -0.15) is 5.10 Å². The van der Waals surface area contributed by atoms with Gasteiger partial charge in [-0.1, -0.05) is 0 Å². The number of hydrogen-bond donors (Lipinski definition) is 2. The lowest BCUT2D eigenvalue weighted by molar-refractivity contribution is 0.0942. The van der Waals surface area contributed by atoms with Crippen molar-refractivity contribution in [2.75, 3.05) is 6.54 Å². The van der Waals surface area contributed by atoms with E-state index in [0.717, 1.165) is 23.0 Å². The fourth-order valence-electron chi connectivity index (χ4n) is 2.25. The summed E-state index contributed by atoms with van der Waals surface area (Å²) in [6.07, 6.45) is 5.60. The van der Waals surface area contributed by atoms with E-state index in [1.807, 2.05) is 30.0 Å². The summed E-state index contributed by atoms with van der Waals surface area (Å²) in [5.74, 6) is -0.0293. The molecule has 21 heavy (non-hydrogen) atoms. The van der Waals surface area contributed by atoms with Crippen molar-refractivity contribution < 1.29 is 4.79 Å². The van der Waals surface area contributed by atoms with Gasteiger partial charge in [0.15, 0.2) is 0 Å². The number of halogens is 1. The van der Waals surface area contributed by atoms with Crippen LogP contribution in [0.25, 0.3) is 0 Å². The van der Waals surface area contributed by atoms with E-state index in [2.05, 4.69) is 45.3 Å². The second-order valence-electron chi connectivity index (χ2n) is 5.42. The summed E-state index contributed by atoms with van der Waals surface area (Å²) < 4.78 is 2.90. The highest BCUT2D eigenvalue weighted by atomic mass is 79.9. The SMILES string of the molecule is Cc1[nH]ncc1CCCNC(=O)c1cc(Br)cn1C(C)C. The first-order chi connectivity index (χ1) is 9.99. The lowest BCUT2D eigenvalue weighted by Crippen LogP contribution is -2.27. The third-order valence-corrected chi connectivity index (χ3v) is 3.88. The minimum Gasteiger partial charge on any atom is -0.351 e. The number of H-pyrrole nitrogens is 1. The Morgan fingerprint density at radius 2 is 2.29 bits per heavy atom. The highest BCUT2D eigenvalue weighted by Crippen LogP contribution is 2.19. The molecule has 0 aliphatic carbocycles. The molecule has 2 aromatic heterocycles. The Kier molecular flexibility index (Phi) is 5.22. The van der Waals surface area contributed by atoms with Crippen LogP contribution >= 0.6 is 15.9 Å². The number of carbonyl (C=O) groups is 1. The molecule has 0 radical (unpaired) electrons. The molecule has 0 spiro atoms. The largest absolute Gasteiger partial charge is 0.351 e. The third kappa shape index (κ3) is 3.97. The van der Waals surface area contributed by atoms with Crippen LogP contribution in [0.15, 0.2) is 22.9 Å². The van der Waals surface area contributed by atoms with Crippen molar-refractivity contribution in [3.05, 3.63) is 39.9 Å². The summed E-state index contributed by atoms with van der Waals surface area (Å²) in [6.45, 7) is 6.79. The first-order valence-corrected chi connectivity index (χ1v) is 7.92. The van der Waals surface area contributed by atoms with E-state index in [1.54, 1.807) is 0 Å². The van der Waals surface area contributed by atoms with Gasteiger partial charge in [0, 0.05) is 29.0 Å². The van der Waals surface area contributed by atoms with Crippen molar-refractivity contribution in [1.29, 1.82) is 0 Å². The van der Waals surface area contributed by atoms with E-state index < -0.39 is 0 Å². The minimum atomic E-state index is -0.0293. The predicted octanol–water partition coefficient (Wildman–Crippen LogP) is 3.23. The Hall–Kier alpha value is -1.56. The normalized spacial score (nSPS) is 11.1. The molecule has 0 aliphatic heterocycles. The van der Waals surface area contributed by atoms with E-state index in [9.17, 15) is 4.79 Å². The Labute approximate surface area is 133 Å². The summed E-state index contributed by atoms with van der Waals surface area (Å²) in [5, 5.41) is 9.90. The van der Waals surface area contributed by atoms with Crippen LogP contribution in [0, 0.1) is 6.92 Å². The average Bonchev–Trinajstić information content (AvgIpc) is 3.01. The first-order valence-electron chi connectivity index (χ1n) is 7.13. The fraction of sp³-hybridized carbons (Fsp3) is 0.467. The maximum absolute atomic E-state index is 12.2. The highest BCUT2D eigenvalue weighted by molar-refractivity contribution is 9.10. The number of nitrogens with zero attached hydrogens (tertiary/aromatic N) is 2. The van der Waals surface area contributed by atoms with Crippen molar-refractivity contribution >= 4 is 21.8 Å². The number of amides is 1. The molecule has 2 aromatic rings. The Morgan fingerprint density at radius 3 is 2.90 bits per heavy atom. The third-order valence-electron chi connectivity index (χ3n) is 3.45. The summed E-state index contributed by atoms with van der Waals surface area (Å²) in [4.78, 5) is 12.2. The van der Waals surface area contributed by atoms with Crippen LogP contribution in [-0.4, -0.2) is 27.2 Å². The first kappa shape index (κ1) is 15.8. The van der Waals surface area contributed by atoms with Gasteiger partial charge >= 0.3 is 0 Å². The molecule has 2 heterocycles. The minimum absolute atomic E-state index is 0.0293. The quantitative estimate of drug-likeness (QED) is 0.784. The fourth-order valence-corrected chi connectivity index (χ4v) is 2.69. The molecule has 0 saturated heterocycles. The zero-order valence-corrected chi connectivity index (χ0v) is 14.2. The predicted molar refractivity (Wildman–Crippen MR) is 86.5 cm³/mol. The number of rotatable bonds is 6. The smallest absolute Gasteiger partial charge is 0.267 e. The highest BCUT2D eigenvalue weighted by Gasteiger charge is 2.14. The van der Waals surface area contributed by atoms with Crippen LogP contribution in [0.4, 0.5) is 0 Å². The summed E-state index contributed by atoms with van der Waals surface area (Å²) in [7, 11) is 0. The topological polar surface area (TPSA) is 62.7 Å². The summed E-state index contributed by atoms with van der Waals surface area (Å²) in [6, 6.07) is 2.11. The number of aromatic nitrogens is 3. The Bertz CT molecular complexity index is 615. The molecular formula is C15H21BrN4O. The van der Waals surface area contributed by atoms with Gasteiger partial charge < -0.3 is 9.88 Å². The second-order valence-corrected chi connectivity index (χ2v) is 6.34. The molecule has 0 saturated carbocycles. The van der Waals surface area contributed by atoms with Crippen molar-refractivity contribution in [1.82, 2.24) is 20.1 Å². The van der Waals surface area contributed by atoms with Crippen LogP contribution < -0.4 is 5.32 Å². The molecular weight excluding hydrogens is 332 g/mol. The zero-order chi connectivity index (χ0) is 15.4. The molecule has 0 aliphatic rings. The van der Waals surface area contributed by atoms with Crippen molar-refractivity contribution in [2.45, 2.75) is 39.7 Å². The molecule has 0 fully saturated rings. The Morgan fingerprint density at radius 1 is 1.52 bits per heavy atom. The second kappa shape index (κ2) is 6.93. The van der Waals surface area contributed by atoms with Gasteiger partial charge in [-0.05, 0) is 61.2 Å². The standard InChI is InChI=1S/C15H21BrN4O/c1-10(2)20-9-13(16)7-14(20)15(21)17-6-4-5-12-8-18-19-11(12)3/h7-10H,4-6H2,1-3H3,(H,17,21)(H,18,19). The van der Waals surface area contributed by atoms with E-state index in [1.165, 1.54) is 5.56 Å². The molecule has 0 bridgehead atoms. The van der Waals surface area contributed by atoms with Gasteiger partial charge in [0.1, 0.15) is 5.69 Å². The van der Waals surface area contributed by atoms with Gasteiger partial charge in [-0.3, -0.25) is 9.89 Å². The van der Waals surface area contributed by atoms with Crippen molar-refractivity contribution in [3.63, 3.8) is 0 Å². The van der Waals surface area contributed by atoms with Crippen molar-refractivity contribution in [2.24, 2.45) is 0 Å². The van der Waals surface area contributed by atoms with E-state index in [0.29, 0.717) is 12.2 Å². The molecule has 114 valence electrons. The maximum atomic E-state index is 12.2. The van der Waals surface area contributed by atoms with Gasteiger partial charge in [0.2, 0.25) is 0 Å². The zero-order valence-electron chi connectivity index (χ0n) is 12.6. The molecule has 0 atom stereocenters. The van der Waals surface area contributed by atoms with Crippen LogP contribution in [0.5, 0.6) is 0 Å². The Balaban J connectivity index is 1.86. The monoisotopic (exact) mass is 352 g/mol. The molecule has 0 aromatic carbocycles. The number of carbonyl (C=O) groups excluding carboxylic acids is 1. The molecule has 6 heteroatoms. The van der Waals surface area contributed by atoms with Crippen molar-refractivity contribution in [3.8, 4) is 0 Å². The molecule has 2 N–H and O–H groups in total. The lowest BCUT2D eigenvalue weighted by atomic mass is 10.1. The molecule has 0 unspecified atom stereocenters. The van der Waals surface area contributed by atoms with E-state index >= 15 is 0 Å². The van der Waals surface area contributed by atoms with Crippen LogP contribution in [-0.2, 0) is 6.42 Å². The van der Waals surface area contributed by atoms with Gasteiger partial charge in [-0.15, -0.1) is 0 Å². The molecule has 5 nitrogen and oxygen atoms in total. The molecule has 2 rings (SSSR count). The summed E-state index contributed by atoms with van der Waals surface area (Å²) >= 11 is 3.42. The van der Waals surface area contributed by atoms with Crippen LogP contribution in [0.2, 0.25) is 0 Å². The van der Waals surface area contributed by atoms with E-state index in [4.69, 9.17) is 0 Å². The number of nitrogens with one attached hydrogen (secondary N) is 2. The van der Waals surface area contributed by atoms with Gasteiger partial charge in [0.25, 0.3) is 5.91 Å². The van der Waals surface area contributed by atoms with E-state index in [-0.39, 0.29) is 11.9 Å². The van der Waals surface area contributed by atoms with Crippen LogP contribution in [0.1, 0.15) is 48.1 Å². The number of hydrogen-bond acceptors (Lipinski definition) is 2.